The predicted molar refractivity (Wildman–Crippen MR) is 126 cm³/mol. The fraction of sp³-hybridized carbons (Fsp3) is 0.500. The second-order valence-corrected chi connectivity index (χ2v) is 13.4. The number of ether oxygens (including phenoxy) is 2. The lowest BCUT2D eigenvalue weighted by Gasteiger charge is -2.45. The highest BCUT2D eigenvalue weighted by Gasteiger charge is 2.35. The Bertz CT molecular complexity index is 1030. The van der Waals surface area contributed by atoms with E-state index in [0.717, 1.165) is 41.3 Å². The van der Waals surface area contributed by atoms with Crippen LogP contribution in [0, 0.1) is 6.92 Å². The summed E-state index contributed by atoms with van der Waals surface area (Å²) < 4.78 is 11.0. The molecule has 1 saturated heterocycles. The van der Waals surface area contributed by atoms with E-state index in [1.54, 1.807) is 18.1 Å². The van der Waals surface area contributed by atoms with Crippen molar-refractivity contribution in [3.05, 3.63) is 23.9 Å². The minimum absolute atomic E-state index is 0.0839. The zero-order valence-electron chi connectivity index (χ0n) is 18.5. The lowest BCUT2D eigenvalue weighted by Crippen LogP contribution is -2.50. The van der Waals surface area contributed by atoms with Gasteiger partial charge in [-0.25, -0.2) is 15.0 Å². The quantitative estimate of drug-likeness (QED) is 0.780. The molecule has 0 saturated carbocycles. The molecule has 2 aromatic rings. The third-order valence-electron chi connectivity index (χ3n) is 6.48. The van der Waals surface area contributed by atoms with E-state index in [4.69, 9.17) is 14.5 Å². The van der Waals surface area contributed by atoms with Crippen LogP contribution in [0.4, 0.5) is 23.1 Å². The molecule has 0 spiro atoms. The van der Waals surface area contributed by atoms with Crippen LogP contribution in [0.1, 0.15) is 18.4 Å². The van der Waals surface area contributed by atoms with Gasteiger partial charge in [0, 0.05) is 24.8 Å². The maximum atomic E-state index is 12.7. The van der Waals surface area contributed by atoms with Crippen molar-refractivity contribution in [2.45, 2.75) is 25.8 Å². The van der Waals surface area contributed by atoms with E-state index >= 15 is 0 Å². The van der Waals surface area contributed by atoms with Gasteiger partial charge in [0.05, 0.1) is 12.7 Å². The summed E-state index contributed by atoms with van der Waals surface area (Å²) in [6.07, 6.45) is 8.77. The van der Waals surface area contributed by atoms with Gasteiger partial charge in [0.15, 0.2) is 17.3 Å². The number of aromatic nitrogens is 2. The van der Waals surface area contributed by atoms with Crippen LogP contribution >= 0.6 is 10.0 Å². The number of rotatable bonds is 3. The summed E-state index contributed by atoms with van der Waals surface area (Å²) in [7, 11) is 1.29. The molecular formula is C22H29N5O3S. The smallest absolute Gasteiger partial charge is 0.246 e. The molecule has 0 aliphatic carbocycles. The van der Waals surface area contributed by atoms with Gasteiger partial charge in [-0.3, -0.25) is 4.79 Å². The van der Waals surface area contributed by atoms with Crippen LogP contribution in [-0.4, -0.2) is 66.3 Å². The largest absolute Gasteiger partial charge is 0.454 e. The average molecular weight is 444 g/mol. The van der Waals surface area contributed by atoms with Crippen molar-refractivity contribution in [2.24, 2.45) is 0 Å². The van der Waals surface area contributed by atoms with Crippen molar-refractivity contribution in [3.8, 4) is 11.5 Å². The van der Waals surface area contributed by atoms with Crippen molar-refractivity contribution in [2.75, 3.05) is 59.5 Å². The summed E-state index contributed by atoms with van der Waals surface area (Å²) in [5.74, 6) is 5.36. The van der Waals surface area contributed by atoms with Crippen LogP contribution in [0.2, 0.25) is 0 Å². The molecule has 166 valence electrons. The number of hydrogen-bond donors (Lipinski definition) is 1. The number of anilines is 4. The lowest BCUT2D eigenvalue weighted by atomic mass is 10.1. The number of fused-ring (bicyclic) bond motifs is 2. The molecular weight excluding hydrogens is 414 g/mol. The molecule has 1 aromatic heterocycles. The van der Waals surface area contributed by atoms with Gasteiger partial charge < -0.3 is 24.6 Å². The normalized spacial score (nSPS) is 21.1. The minimum atomic E-state index is -0.504. The van der Waals surface area contributed by atoms with E-state index < -0.39 is 10.0 Å². The minimum Gasteiger partial charge on any atom is -0.454 e. The molecule has 31 heavy (non-hydrogen) atoms. The maximum Gasteiger partial charge on any atom is 0.246 e. The van der Waals surface area contributed by atoms with Gasteiger partial charge in [0.25, 0.3) is 0 Å². The predicted octanol–water partition coefficient (Wildman–Crippen LogP) is 3.27. The van der Waals surface area contributed by atoms with E-state index in [9.17, 15) is 4.79 Å². The molecule has 0 atom stereocenters. The first kappa shape index (κ1) is 20.2. The maximum absolute atomic E-state index is 12.7. The molecule has 3 aliphatic heterocycles. The van der Waals surface area contributed by atoms with Crippen molar-refractivity contribution < 1.29 is 14.3 Å². The van der Waals surface area contributed by atoms with Gasteiger partial charge in [-0.1, -0.05) is 0 Å². The highest BCUT2D eigenvalue weighted by atomic mass is 32.3. The number of nitrogens with zero attached hydrogens (tertiary/aromatic N) is 4. The highest BCUT2D eigenvalue weighted by molar-refractivity contribution is 8.32. The first-order valence-corrected chi connectivity index (χ1v) is 13.4. The molecule has 1 amide bonds. The number of aryl methyl sites for hydroxylation is 1. The molecule has 3 aliphatic rings. The van der Waals surface area contributed by atoms with Crippen molar-refractivity contribution in [1.29, 1.82) is 0 Å². The summed E-state index contributed by atoms with van der Waals surface area (Å²) in [4.78, 5) is 25.9. The third-order valence-corrected chi connectivity index (χ3v) is 9.16. The SMILES string of the molecule is Cc1cc2c(cc1Nc1ncc3c(n1)N(C1CCS(C)(C)CC1)CC(=O)N3C)OCO2. The Labute approximate surface area is 184 Å². The molecule has 1 fully saturated rings. The Kier molecular flexibility index (Phi) is 4.88. The number of amides is 1. The first-order valence-electron chi connectivity index (χ1n) is 10.6. The van der Waals surface area contributed by atoms with E-state index in [1.165, 1.54) is 11.5 Å². The van der Waals surface area contributed by atoms with Gasteiger partial charge in [-0.05, 0) is 55.4 Å². The molecule has 0 unspecified atom stereocenters. The standard InChI is InChI=1S/C22H29N5O3S/c1-14-9-18-19(30-13-29-18)10-16(14)24-22-23-11-17-21(25-22)27(12-20(28)26(17)2)15-5-7-31(3,4)8-6-15/h9-11,15H,5-8,12-13H2,1-4H3,(H,23,24,25). The van der Waals surface area contributed by atoms with Gasteiger partial charge in [0.2, 0.25) is 18.6 Å². The summed E-state index contributed by atoms with van der Waals surface area (Å²) in [5.41, 5.74) is 2.66. The Morgan fingerprint density at radius 2 is 1.87 bits per heavy atom. The summed E-state index contributed by atoms with van der Waals surface area (Å²) in [6.45, 7) is 2.61. The molecule has 8 nitrogen and oxygen atoms in total. The monoisotopic (exact) mass is 443 g/mol. The van der Waals surface area contributed by atoms with Gasteiger partial charge in [-0.15, -0.1) is 0 Å². The average Bonchev–Trinajstić information content (AvgIpc) is 3.18. The second kappa shape index (κ2) is 7.47. The highest BCUT2D eigenvalue weighted by Crippen LogP contribution is 2.47. The van der Waals surface area contributed by atoms with E-state index in [2.05, 4.69) is 27.7 Å². The van der Waals surface area contributed by atoms with Gasteiger partial charge in [-0.2, -0.15) is 4.98 Å². The fourth-order valence-electron chi connectivity index (χ4n) is 4.40. The summed E-state index contributed by atoms with van der Waals surface area (Å²) in [6, 6.07) is 4.21. The third kappa shape index (κ3) is 3.75. The number of benzene rings is 1. The van der Waals surface area contributed by atoms with Crippen LogP contribution < -0.4 is 24.6 Å². The lowest BCUT2D eigenvalue weighted by molar-refractivity contribution is -0.117. The Balaban J connectivity index is 1.45. The Hall–Kier alpha value is -2.68. The van der Waals surface area contributed by atoms with E-state index in [1.807, 2.05) is 19.1 Å². The van der Waals surface area contributed by atoms with Crippen molar-refractivity contribution in [1.82, 2.24) is 9.97 Å². The summed E-state index contributed by atoms with van der Waals surface area (Å²) >= 11 is 0. The first-order chi connectivity index (χ1) is 14.8. The summed E-state index contributed by atoms with van der Waals surface area (Å²) in [5, 5.41) is 3.33. The van der Waals surface area contributed by atoms with Crippen molar-refractivity contribution in [3.63, 3.8) is 0 Å². The van der Waals surface area contributed by atoms with Crippen LogP contribution in [0.25, 0.3) is 0 Å². The zero-order valence-corrected chi connectivity index (χ0v) is 19.3. The number of nitrogens with one attached hydrogen (secondary N) is 1. The molecule has 9 heteroatoms. The topological polar surface area (TPSA) is 79.8 Å². The molecule has 5 rings (SSSR count). The fourth-order valence-corrected chi connectivity index (χ4v) is 6.43. The second-order valence-electron chi connectivity index (χ2n) is 9.03. The van der Waals surface area contributed by atoms with E-state index in [-0.39, 0.29) is 12.7 Å². The van der Waals surface area contributed by atoms with Crippen LogP contribution in [0.15, 0.2) is 18.3 Å². The number of carbonyl (C=O) groups excluding carboxylic acids is 1. The molecule has 1 aromatic carbocycles. The number of likely N-dealkylation sites (N-methyl/N-ethyl adjacent to an activating group) is 1. The molecule has 4 heterocycles. The number of carbonyl (C=O) groups is 1. The van der Waals surface area contributed by atoms with Crippen LogP contribution in [0.3, 0.4) is 0 Å². The van der Waals surface area contributed by atoms with E-state index in [0.29, 0.717) is 24.3 Å². The Morgan fingerprint density at radius 1 is 1.16 bits per heavy atom. The van der Waals surface area contributed by atoms with Gasteiger partial charge in [0.1, 0.15) is 5.69 Å². The molecule has 0 radical (unpaired) electrons. The van der Waals surface area contributed by atoms with Crippen LogP contribution in [0.5, 0.6) is 11.5 Å². The zero-order chi connectivity index (χ0) is 21.8. The van der Waals surface area contributed by atoms with Gasteiger partial charge >= 0.3 is 0 Å². The molecule has 1 N–H and O–H groups in total. The van der Waals surface area contributed by atoms with Crippen LogP contribution in [-0.2, 0) is 4.79 Å². The molecule has 0 bridgehead atoms. The number of hydrogen-bond acceptors (Lipinski definition) is 7. The Morgan fingerprint density at radius 3 is 2.61 bits per heavy atom. The van der Waals surface area contributed by atoms with Crippen molar-refractivity contribution >= 4 is 39.1 Å².